The molecule has 1 unspecified atom stereocenters. The first-order chi connectivity index (χ1) is 11.5. The van der Waals surface area contributed by atoms with Crippen molar-refractivity contribution in [2.45, 2.75) is 25.4 Å². The lowest BCUT2D eigenvalue weighted by atomic mass is 10.0. The molecule has 0 spiro atoms. The van der Waals surface area contributed by atoms with Gasteiger partial charge in [0.1, 0.15) is 11.7 Å². The Hall–Kier alpha value is -3.03. The number of hydrogen-bond acceptors (Lipinski definition) is 5. The Bertz CT molecular complexity index is 872. The molecule has 1 saturated heterocycles. The van der Waals surface area contributed by atoms with Crippen molar-refractivity contribution in [3.8, 4) is 11.3 Å². The summed E-state index contributed by atoms with van der Waals surface area (Å²) in [5, 5.41) is 10.3. The highest BCUT2D eigenvalue weighted by atomic mass is 16.2. The number of nitrogens with zero attached hydrogens (tertiary/aromatic N) is 4. The van der Waals surface area contributed by atoms with E-state index in [9.17, 15) is 14.4 Å². The molecule has 4 rings (SSSR count). The molecule has 1 fully saturated rings. The lowest BCUT2D eigenvalue weighted by Gasteiger charge is -2.29. The summed E-state index contributed by atoms with van der Waals surface area (Å²) in [6.45, 7) is 0.356. The SMILES string of the molecule is Cn1cc(-c2ccc3c(c2)CN(C2CCC(=O)NC2=O)C3=O)nn1. The number of carbonyl (C=O) groups excluding carboxylic acids is 3. The van der Waals surface area contributed by atoms with Crippen molar-refractivity contribution in [1.82, 2.24) is 25.2 Å². The van der Waals surface area contributed by atoms with Gasteiger partial charge in [0, 0.05) is 31.1 Å². The van der Waals surface area contributed by atoms with Crippen LogP contribution >= 0.6 is 0 Å². The maximum atomic E-state index is 12.6. The summed E-state index contributed by atoms with van der Waals surface area (Å²) in [5.41, 5.74) is 3.05. The minimum absolute atomic E-state index is 0.176. The maximum absolute atomic E-state index is 12.6. The predicted molar refractivity (Wildman–Crippen MR) is 82.5 cm³/mol. The molecule has 0 saturated carbocycles. The molecule has 0 bridgehead atoms. The van der Waals surface area contributed by atoms with E-state index >= 15 is 0 Å². The van der Waals surface area contributed by atoms with Gasteiger partial charge >= 0.3 is 0 Å². The van der Waals surface area contributed by atoms with Gasteiger partial charge in [-0.15, -0.1) is 5.10 Å². The molecule has 2 aliphatic heterocycles. The fourth-order valence-electron chi connectivity index (χ4n) is 3.21. The molecule has 122 valence electrons. The Morgan fingerprint density at radius 3 is 2.79 bits per heavy atom. The molecule has 1 aromatic heterocycles. The molecule has 1 aromatic carbocycles. The maximum Gasteiger partial charge on any atom is 0.255 e. The van der Waals surface area contributed by atoms with E-state index in [2.05, 4.69) is 15.6 Å². The zero-order valence-corrected chi connectivity index (χ0v) is 13.0. The standard InChI is InChI=1S/C16H15N5O3/c1-20-8-12(18-19-20)9-2-3-11-10(6-9)7-21(16(11)24)13-4-5-14(22)17-15(13)23/h2-3,6,8,13H,4-5,7H2,1H3,(H,17,22,23). The second-order valence-electron chi connectivity index (χ2n) is 6.05. The summed E-state index contributed by atoms with van der Waals surface area (Å²) in [7, 11) is 1.79. The summed E-state index contributed by atoms with van der Waals surface area (Å²) >= 11 is 0. The third kappa shape index (κ3) is 2.27. The summed E-state index contributed by atoms with van der Waals surface area (Å²) in [5.74, 6) is -0.864. The Morgan fingerprint density at radius 1 is 1.25 bits per heavy atom. The number of nitrogens with one attached hydrogen (secondary N) is 1. The van der Waals surface area contributed by atoms with E-state index in [1.165, 1.54) is 4.90 Å². The fraction of sp³-hybridized carbons (Fsp3) is 0.312. The van der Waals surface area contributed by atoms with E-state index < -0.39 is 11.9 Å². The van der Waals surface area contributed by atoms with Crippen molar-refractivity contribution < 1.29 is 14.4 Å². The largest absolute Gasteiger partial charge is 0.322 e. The normalized spacial score (nSPS) is 20.3. The van der Waals surface area contributed by atoms with Crippen LogP contribution in [0.2, 0.25) is 0 Å². The number of fused-ring (bicyclic) bond motifs is 1. The van der Waals surface area contributed by atoms with Gasteiger partial charge in [-0.2, -0.15) is 0 Å². The smallest absolute Gasteiger partial charge is 0.255 e. The number of benzene rings is 1. The van der Waals surface area contributed by atoms with Gasteiger partial charge in [-0.3, -0.25) is 24.4 Å². The molecule has 24 heavy (non-hydrogen) atoms. The number of rotatable bonds is 2. The first-order valence-electron chi connectivity index (χ1n) is 7.67. The summed E-state index contributed by atoms with van der Waals surface area (Å²) in [6.07, 6.45) is 2.42. The van der Waals surface area contributed by atoms with Crippen LogP contribution in [0.5, 0.6) is 0 Å². The molecule has 8 heteroatoms. The lowest BCUT2D eigenvalue weighted by molar-refractivity contribution is -0.136. The van der Waals surface area contributed by atoms with Gasteiger partial charge in [-0.25, -0.2) is 0 Å². The highest BCUT2D eigenvalue weighted by Gasteiger charge is 2.39. The molecule has 3 heterocycles. The molecule has 1 N–H and O–H groups in total. The average Bonchev–Trinajstić information content (AvgIpc) is 3.11. The van der Waals surface area contributed by atoms with Crippen LogP contribution in [0.15, 0.2) is 24.4 Å². The van der Waals surface area contributed by atoms with Crippen molar-refractivity contribution in [3.63, 3.8) is 0 Å². The molecule has 2 aliphatic rings. The summed E-state index contributed by atoms with van der Waals surface area (Å²) in [4.78, 5) is 37.5. The van der Waals surface area contributed by atoms with E-state index in [-0.39, 0.29) is 18.2 Å². The molecule has 2 aromatic rings. The molecular weight excluding hydrogens is 310 g/mol. The van der Waals surface area contributed by atoms with Gasteiger partial charge in [0.25, 0.3) is 5.91 Å². The third-order valence-electron chi connectivity index (χ3n) is 4.42. The van der Waals surface area contributed by atoms with Gasteiger partial charge in [0.2, 0.25) is 11.8 Å². The Labute approximate surface area is 137 Å². The van der Waals surface area contributed by atoms with E-state index in [4.69, 9.17) is 0 Å². The number of piperidine rings is 1. The highest BCUT2D eigenvalue weighted by molar-refractivity contribution is 6.05. The number of imide groups is 1. The van der Waals surface area contributed by atoms with Crippen molar-refractivity contribution in [1.29, 1.82) is 0 Å². The zero-order valence-electron chi connectivity index (χ0n) is 13.0. The Kier molecular flexibility index (Phi) is 3.19. The topological polar surface area (TPSA) is 97.2 Å². The van der Waals surface area contributed by atoms with Crippen molar-refractivity contribution in [3.05, 3.63) is 35.5 Å². The molecule has 3 amide bonds. The van der Waals surface area contributed by atoms with Crippen LogP contribution < -0.4 is 5.32 Å². The Morgan fingerprint density at radius 2 is 2.08 bits per heavy atom. The molecule has 0 radical (unpaired) electrons. The van der Waals surface area contributed by atoms with Gasteiger partial charge in [0.15, 0.2) is 0 Å². The van der Waals surface area contributed by atoms with E-state index in [0.29, 0.717) is 18.5 Å². The first-order valence-corrected chi connectivity index (χ1v) is 7.67. The summed E-state index contributed by atoms with van der Waals surface area (Å²) < 4.78 is 1.61. The Balaban J connectivity index is 1.62. The summed E-state index contributed by atoms with van der Waals surface area (Å²) in [6, 6.07) is 4.90. The van der Waals surface area contributed by atoms with E-state index in [1.54, 1.807) is 24.0 Å². The van der Waals surface area contributed by atoms with Crippen LogP contribution in [0.1, 0.15) is 28.8 Å². The van der Waals surface area contributed by atoms with Gasteiger partial charge in [0.05, 0.1) is 6.20 Å². The molecule has 0 aliphatic carbocycles. The molecule has 8 nitrogen and oxygen atoms in total. The monoisotopic (exact) mass is 325 g/mol. The number of aromatic nitrogens is 3. The predicted octanol–water partition coefficient (Wildman–Crippen LogP) is 0.243. The average molecular weight is 325 g/mol. The number of aryl methyl sites for hydroxylation is 1. The van der Waals surface area contributed by atoms with Crippen LogP contribution in [0.3, 0.4) is 0 Å². The van der Waals surface area contributed by atoms with Gasteiger partial charge in [-0.05, 0) is 24.1 Å². The number of carbonyl (C=O) groups is 3. The van der Waals surface area contributed by atoms with Crippen molar-refractivity contribution >= 4 is 17.7 Å². The number of amides is 3. The first kappa shape index (κ1) is 14.6. The van der Waals surface area contributed by atoms with Crippen LogP contribution in [0, 0.1) is 0 Å². The zero-order chi connectivity index (χ0) is 16.8. The minimum atomic E-state index is -0.595. The van der Waals surface area contributed by atoms with Gasteiger partial charge in [-0.1, -0.05) is 11.3 Å². The quantitative estimate of drug-likeness (QED) is 0.798. The second kappa shape index (κ2) is 5.26. The molecular formula is C16H15N5O3. The van der Waals surface area contributed by atoms with Crippen LogP contribution in [-0.2, 0) is 23.2 Å². The van der Waals surface area contributed by atoms with E-state index in [0.717, 1.165) is 16.8 Å². The van der Waals surface area contributed by atoms with Crippen LogP contribution in [0.4, 0.5) is 0 Å². The fourth-order valence-corrected chi connectivity index (χ4v) is 3.21. The van der Waals surface area contributed by atoms with Gasteiger partial charge < -0.3 is 4.90 Å². The van der Waals surface area contributed by atoms with Crippen LogP contribution in [0.25, 0.3) is 11.3 Å². The number of hydrogen-bond donors (Lipinski definition) is 1. The van der Waals surface area contributed by atoms with Crippen LogP contribution in [-0.4, -0.2) is 43.7 Å². The molecule has 1 atom stereocenters. The van der Waals surface area contributed by atoms with Crippen molar-refractivity contribution in [2.75, 3.05) is 0 Å². The minimum Gasteiger partial charge on any atom is -0.322 e. The van der Waals surface area contributed by atoms with E-state index in [1.807, 2.05) is 12.1 Å². The second-order valence-corrected chi connectivity index (χ2v) is 6.05. The third-order valence-corrected chi connectivity index (χ3v) is 4.42. The highest BCUT2D eigenvalue weighted by Crippen LogP contribution is 2.30. The van der Waals surface area contributed by atoms with Crippen molar-refractivity contribution in [2.24, 2.45) is 7.05 Å². The lowest BCUT2D eigenvalue weighted by Crippen LogP contribution is -2.52.